The SMILES string of the molecule is CNC(=O)[C@H](Cc1ccc(O)cc1)NC. The van der Waals surface area contributed by atoms with E-state index in [1.165, 1.54) is 0 Å². The maximum atomic E-state index is 11.4. The van der Waals surface area contributed by atoms with Gasteiger partial charge in [-0.1, -0.05) is 12.1 Å². The molecular formula is C11H16N2O2. The Labute approximate surface area is 89.3 Å². The van der Waals surface area contributed by atoms with Gasteiger partial charge in [0.05, 0.1) is 6.04 Å². The Hall–Kier alpha value is -1.55. The average Bonchev–Trinajstić information content (AvgIpc) is 2.27. The quantitative estimate of drug-likeness (QED) is 0.665. The summed E-state index contributed by atoms with van der Waals surface area (Å²) in [6.45, 7) is 0. The van der Waals surface area contributed by atoms with E-state index in [2.05, 4.69) is 10.6 Å². The van der Waals surface area contributed by atoms with Crippen LogP contribution in [0.2, 0.25) is 0 Å². The van der Waals surface area contributed by atoms with Crippen LogP contribution in [-0.4, -0.2) is 31.2 Å². The van der Waals surface area contributed by atoms with E-state index >= 15 is 0 Å². The molecule has 0 spiro atoms. The lowest BCUT2D eigenvalue weighted by Crippen LogP contribution is -2.42. The molecule has 0 unspecified atom stereocenters. The lowest BCUT2D eigenvalue weighted by atomic mass is 10.1. The molecule has 1 aromatic carbocycles. The van der Waals surface area contributed by atoms with E-state index in [9.17, 15) is 4.79 Å². The van der Waals surface area contributed by atoms with Gasteiger partial charge >= 0.3 is 0 Å². The van der Waals surface area contributed by atoms with Crippen molar-refractivity contribution in [2.24, 2.45) is 0 Å². The Bertz CT molecular complexity index is 322. The molecule has 4 nitrogen and oxygen atoms in total. The molecule has 82 valence electrons. The third-order valence-corrected chi connectivity index (χ3v) is 2.29. The molecule has 0 aliphatic carbocycles. The fourth-order valence-electron chi connectivity index (χ4n) is 1.37. The van der Waals surface area contributed by atoms with E-state index in [1.54, 1.807) is 26.2 Å². The molecule has 0 saturated heterocycles. The summed E-state index contributed by atoms with van der Waals surface area (Å²) in [6.07, 6.45) is 0.608. The van der Waals surface area contributed by atoms with Gasteiger partial charge in [-0.25, -0.2) is 0 Å². The summed E-state index contributed by atoms with van der Waals surface area (Å²) in [5.41, 5.74) is 1.01. The second-order valence-electron chi connectivity index (χ2n) is 3.33. The molecule has 0 heterocycles. The van der Waals surface area contributed by atoms with Crippen molar-refractivity contribution in [3.8, 4) is 5.75 Å². The van der Waals surface area contributed by atoms with Gasteiger partial charge in [-0.15, -0.1) is 0 Å². The molecule has 4 heteroatoms. The van der Waals surface area contributed by atoms with Crippen LogP contribution in [0.5, 0.6) is 5.75 Å². The Morgan fingerprint density at radius 3 is 2.40 bits per heavy atom. The standard InChI is InChI=1S/C11H16N2O2/c1-12-10(11(15)13-2)7-8-3-5-9(14)6-4-8/h3-6,10,12,14H,7H2,1-2H3,(H,13,15)/t10-/m0/s1. The number of phenolic OH excluding ortho intramolecular Hbond substituents is 1. The van der Waals surface area contributed by atoms with Crippen LogP contribution in [0.15, 0.2) is 24.3 Å². The fraction of sp³-hybridized carbons (Fsp3) is 0.364. The number of likely N-dealkylation sites (N-methyl/N-ethyl adjacent to an activating group) is 2. The second-order valence-corrected chi connectivity index (χ2v) is 3.33. The minimum Gasteiger partial charge on any atom is -0.508 e. The Kier molecular flexibility index (Phi) is 4.12. The number of carbonyl (C=O) groups is 1. The van der Waals surface area contributed by atoms with Crippen LogP contribution < -0.4 is 10.6 Å². The average molecular weight is 208 g/mol. The van der Waals surface area contributed by atoms with Crippen LogP contribution in [0.25, 0.3) is 0 Å². The topological polar surface area (TPSA) is 61.4 Å². The molecule has 0 aliphatic rings. The van der Waals surface area contributed by atoms with Crippen molar-refractivity contribution < 1.29 is 9.90 Å². The molecule has 1 atom stereocenters. The maximum Gasteiger partial charge on any atom is 0.237 e. The summed E-state index contributed by atoms with van der Waals surface area (Å²) in [6, 6.07) is 6.61. The zero-order chi connectivity index (χ0) is 11.3. The minimum atomic E-state index is -0.237. The lowest BCUT2D eigenvalue weighted by Gasteiger charge is -2.14. The van der Waals surface area contributed by atoms with Gasteiger partial charge in [0.25, 0.3) is 0 Å². The largest absolute Gasteiger partial charge is 0.508 e. The Morgan fingerprint density at radius 1 is 1.33 bits per heavy atom. The van der Waals surface area contributed by atoms with Crippen molar-refractivity contribution >= 4 is 5.91 Å². The van der Waals surface area contributed by atoms with Gasteiger partial charge in [0.1, 0.15) is 5.75 Å². The van der Waals surface area contributed by atoms with Gasteiger partial charge in [0.2, 0.25) is 5.91 Å². The Balaban J connectivity index is 2.66. The summed E-state index contributed by atoms with van der Waals surface area (Å²) < 4.78 is 0. The molecule has 3 N–H and O–H groups in total. The number of nitrogens with one attached hydrogen (secondary N) is 2. The third kappa shape index (κ3) is 3.25. The normalized spacial score (nSPS) is 12.1. The van der Waals surface area contributed by atoms with Crippen LogP contribution in [0.3, 0.4) is 0 Å². The first-order valence-electron chi connectivity index (χ1n) is 4.84. The van der Waals surface area contributed by atoms with Crippen molar-refractivity contribution in [1.82, 2.24) is 10.6 Å². The molecular weight excluding hydrogens is 192 g/mol. The second kappa shape index (κ2) is 5.36. The number of aromatic hydroxyl groups is 1. The van der Waals surface area contributed by atoms with Gasteiger partial charge < -0.3 is 15.7 Å². The molecule has 0 bridgehead atoms. The molecule has 0 fully saturated rings. The molecule has 1 amide bonds. The van der Waals surface area contributed by atoms with Gasteiger partial charge in [0, 0.05) is 7.05 Å². The Morgan fingerprint density at radius 2 is 1.93 bits per heavy atom. The number of hydrogen-bond donors (Lipinski definition) is 3. The summed E-state index contributed by atoms with van der Waals surface area (Å²) in [5, 5.41) is 14.6. The van der Waals surface area contributed by atoms with E-state index in [4.69, 9.17) is 5.11 Å². The minimum absolute atomic E-state index is 0.0365. The van der Waals surface area contributed by atoms with E-state index in [-0.39, 0.29) is 17.7 Å². The van der Waals surface area contributed by atoms with Gasteiger partial charge in [-0.2, -0.15) is 0 Å². The zero-order valence-corrected chi connectivity index (χ0v) is 8.95. The zero-order valence-electron chi connectivity index (χ0n) is 8.95. The highest BCUT2D eigenvalue weighted by molar-refractivity contribution is 5.81. The third-order valence-electron chi connectivity index (χ3n) is 2.29. The molecule has 0 aliphatic heterocycles. The van der Waals surface area contributed by atoms with E-state index in [1.807, 2.05) is 12.1 Å². The smallest absolute Gasteiger partial charge is 0.237 e. The number of amides is 1. The van der Waals surface area contributed by atoms with Crippen LogP contribution in [-0.2, 0) is 11.2 Å². The number of hydrogen-bond acceptors (Lipinski definition) is 3. The van der Waals surface area contributed by atoms with Crippen LogP contribution in [0.1, 0.15) is 5.56 Å². The highest BCUT2D eigenvalue weighted by atomic mass is 16.3. The first-order chi connectivity index (χ1) is 7.17. The number of rotatable bonds is 4. The summed E-state index contributed by atoms with van der Waals surface area (Å²) in [7, 11) is 3.36. The van der Waals surface area contributed by atoms with Crippen LogP contribution in [0.4, 0.5) is 0 Å². The first kappa shape index (κ1) is 11.5. The van der Waals surface area contributed by atoms with Crippen molar-refractivity contribution in [2.75, 3.05) is 14.1 Å². The van der Waals surface area contributed by atoms with E-state index in [0.29, 0.717) is 6.42 Å². The number of carbonyl (C=O) groups excluding carboxylic acids is 1. The fourth-order valence-corrected chi connectivity index (χ4v) is 1.37. The number of phenols is 1. The van der Waals surface area contributed by atoms with Crippen molar-refractivity contribution in [1.29, 1.82) is 0 Å². The molecule has 0 aromatic heterocycles. The van der Waals surface area contributed by atoms with Crippen LogP contribution >= 0.6 is 0 Å². The first-order valence-corrected chi connectivity index (χ1v) is 4.84. The molecule has 15 heavy (non-hydrogen) atoms. The predicted molar refractivity (Wildman–Crippen MR) is 58.7 cm³/mol. The molecule has 1 aromatic rings. The predicted octanol–water partition coefficient (Wildman–Crippen LogP) is 0.269. The van der Waals surface area contributed by atoms with Crippen molar-refractivity contribution in [3.05, 3.63) is 29.8 Å². The van der Waals surface area contributed by atoms with Crippen molar-refractivity contribution in [2.45, 2.75) is 12.5 Å². The lowest BCUT2D eigenvalue weighted by molar-refractivity contribution is -0.122. The van der Waals surface area contributed by atoms with E-state index in [0.717, 1.165) is 5.56 Å². The monoisotopic (exact) mass is 208 g/mol. The van der Waals surface area contributed by atoms with Gasteiger partial charge in [0.15, 0.2) is 0 Å². The van der Waals surface area contributed by atoms with E-state index < -0.39 is 0 Å². The highest BCUT2D eigenvalue weighted by Gasteiger charge is 2.14. The summed E-state index contributed by atoms with van der Waals surface area (Å²) >= 11 is 0. The van der Waals surface area contributed by atoms with Crippen LogP contribution in [0, 0.1) is 0 Å². The molecule has 1 rings (SSSR count). The number of benzene rings is 1. The van der Waals surface area contributed by atoms with Gasteiger partial charge in [-0.3, -0.25) is 4.79 Å². The summed E-state index contributed by atoms with van der Waals surface area (Å²) in [5.74, 6) is 0.199. The maximum absolute atomic E-state index is 11.4. The summed E-state index contributed by atoms with van der Waals surface area (Å²) in [4.78, 5) is 11.4. The molecule has 0 saturated carbocycles. The molecule has 0 radical (unpaired) electrons. The highest BCUT2D eigenvalue weighted by Crippen LogP contribution is 2.11. The van der Waals surface area contributed by atoms with Gasteiger partial charge in [-0.05, 0) is 31.2 Å². The van der Waals surface area contributed by atoms with Crippen molar-refractivity contribution in [3.63, 3.8) is 0 Å².